The molecule has 20 heavy (non-hydrogen) atoms. The maximum atomic E-state index is 6.22. The van der Waals surface area contributed by atoms with Gasteiger partial charge in [0.25, 0.3) is 0 Å². The zero-order valence-electron chi connectivity index (χ0n) is 11.4. The van der Waals surface area contributed by atoms with Crippen molar-refractivity contribution in [3.05, 3.63) is 52.3 Å². The number of benzene rings is 1. The van der Waals surface area contributed by atoms with Gasteiger partial charge < -0.3 is 11.1 Å². The number of rotatable bonds is 4. The summed E-state index contributed by atoms with van der Waals surface area (Å²) in [6.07, 6.45) is 2.88. The summed E-state index contributed by atoms with van der Waals surface area (Å²) in [5, 5.41) is 4.41. The average Bonchev–Trinajstić information content (AvgIpc) is 2.95. The molecule has 0 saturated heterocycles. The number of thiophene rings is 1. The van der Waals surface area contributed by atoms with Gasteiger partial charge in [-0.05, 0) is 42.8 Å². The quantitative estimate of drug-likeness (QED) is 0.710. The van der Waals surface area contributed by atoms with Gasteiger partial charge in [-0.15, -0.1) is 11.3 Å². The molecule has 0 spiro atoms. The van der Waals surface area contributed by atoms with E-state index in [0.29, 0.717) is 0 Å². The van der Waals surface area contributed by atoms with E-state index in [2.05, 4.69) is 29.4 Å². The Morgan fingerprint density at radius 3 is 2.80 bits per heavy atom. The van der Waals surface area contributed by atoms with Crippen LogP contribution in [-0.4, -0.2) is 4.98 Å². The highest BCUT2D eigenvalue weighted by atomic mass is 32.1. The summed E-state index contributed by atoms with van der Waals surface area (Å²) in [7, 11) is 0. The Bertz CT molecular complexity index is 733. The van der Waals surface area contributed by atoms with Crippen LogP contribution in [0.5, 0.6) is 0 Å². The van der Waals surface area contributed by atoms with E-state index in [9.17, 15) is 0 Å². The summed E-state index contributed by atoms with van der Waals surface area (Å²) < 4.78 is 0. The molecule has 3 N–H and O–H groups in total. The fourth-order valence-electron chi connectivity index (χ4n) is 2.22. The van der Waals surface area contributed by atoms with Crippen LogP contribution in [0.25, 0.3) is 10.9 Å². The largest absolute Gasteiger partial charge is 0.397 e. The molecule has 0 radical (unpaired) electrons. The van der Waals surface area contributed by atoms with E-state index in [1.165, 1.54) is 9.75 Å². The molecular weight excluding hydrogens is 266 g/mol. The minimum atomic E-state index is 0.767. The van der Waals surface area contributed by atoms with Crippen molar-refractivity contribution in [3.63, 3.8) is 0 Å². The molecule has 4 heteroatoms. The summed E-state index contributed by atoms with van der Waals surface area (Å²) in [5.74, 6) is 0. The second kappa shape index (κ2) is 5.51. The lowest BCUT2D eigenvalue weighted by atomic mass is 10.1. The van der Waals surface area contributed by atoms with Gasteiger partial charge in [-0.1, -0.05) is 6.92 Å². The molecule has 102 valence electrons. The van der Waals surface area contributed by atoms with Crippen LogP contribution >= 0.6 is 11.3 Å². The first-order valence-electron chi connectivity index (χ1n) is 6.72. The first kappa shape index (κ1) is 12.9. The van der Waals surface area contributed by atoms with Gasteiger partial charge in [-0.3, -0.25) is 4.98 Å². The summed E-state index contributed by atoms with van der Waals surface area (Å²) in [5.41, 5.74) is 8.88. The lowest BCUT2D eigenvalue weighted by Crippen LogP contribution is -2.01. The van der Waals surface area contributed by atoms with Gasteiger partial charge >= 0.3 is 0 Å². The van der Waals surface area contributed by atoms with Crippen LogP contribution in [0.15, 0.2) is 42.6 Å². The Morgan fingerprint density at radius 1 is 1.15 bits per heavy atom. The normalized spacial score (nSPS) is 10.8. The first-order valence-corrected chi connectivity index (χ1v) is 7.54. The molecule has 0 aliphatic heterocycles. The van der Waals surface area contributed by atoms with Gasteiger partial charge in [0.2, 0.25) is 0 Å². The second-order valence-electron chi connectivity index (χ2n) is 4.67. The Hall–Kier alpha value is -2.07. The van der Waals surface area contributed by atoms with Crippen LogP contribution in [-0.2, 0) is 13.0 Å². The molecule has 0 unspecified atom stereocenters. The number of nitrogen functional groups attached to an aromatic ring is 1. The summed E-state index contributed by atoms with van der Waals surface area (Å²) in [6, 6.07) is 12.3. The van der Waals surface area contributed by atoms with Crippen LogP contribution < -0.4 is 11.1 Å². The number of hydrogen-bond acceptors (Lipinski definition) is 4. The zero-order chi connectivity index (χ0) is 13.9. The van der Waals surface area contributed by atoms with Crippen molar-refractivity contribution in [1.29, 1.82) is 0 Å². The topological polar surface area (TPSA) is 50.9 Å². The maximum Gasteiger partial charge on any atom is 0.0724 e. The molecule has 1 aromatic carbocycles. The summed E-state index contributed by atoms with van der Waals surface area (Å²) in [4.78, 5) is 7.05. The van der Waals surface area contributed by atoms with E-state index in [-0.39, 0.29) is 0 Å². The van der Waals surface area contributed by atoms with Crippen molar-refractivity contribution >= 4 is 33.6 Å². The van der Waals surface area contributed by atoms with Gasteiger partial charge in [0.15, 0.2) is 0 Å². The molecule has 3 aromatic rings. The molecule has 0 fully saturated rings. The third-order valence-electron chi connectivity index (χ3n) is 3.35. The molecular formula is C16H17N3S. The third-order valence-corrected chi connectivity index (χ3v) is 4.58. The highest BCUT2D eigenvalue weighted by Gasteiger charge is 2.05. The monoisotopic (exact) mass is 283 g/mol. The first-order chi connectivity index (χ1) is 9.78. The van der Waals surface area contributed by atoms with Crippen molar-refractivity contribution in [2.45, 2.75) is 19.9 Å². The second-order valence-corrected chi connectivity index (χ2v) is 5.92. The highest BCUT2D eigenvalue weighted by molar-refractivity contribution is 7.12. The predicted molar refractivity (Wildman–Crippen MR) is 87.2 cm³/mol. The zero-order valence-corrected chi connectivity index (χ0v) is 12.2. The van der Waals surface area contributed by atoms with Crippen molar-refractivity contribution in [2.24, 2.45) is 0 Å². The number of fused-ring (bicyclic) bond motifs is 1. The van der Waals surface area contributed by atoms with Crippen LogP contribution in [0.2, 0.25) is 0 Å². The molecule has 2 heterocycles. The van der Waals surface area contributed by atoms with Crippen LogP contribution in [0.3, 0.4) is 0 Å². The number of aromatic nitrogens is 1. The van der Waals surface area contributed by atoms with Gasteiger partial charge in [0.05, 0.1) is 16.9 Å². The Kier molecular flexibility index (Phi) is 3.56. The van der Waals surface area contributed by atoms with E-state index in [1.807, 2.05) is 35.6 Å². The van der Waals surface area contributed by atoms with Crippen LogP contribution in [0, 0.1) is 0 Å². The molecule has 0 atom stereocenters. The lowest BCUT2D eigenvalue weighted by Gasteiger charge is -2.10. The van der Waals surface area contributed by atoms with E-state index in [0.717, 1.165) is 35.2 Å². The number of nitrogens with one attached hydrogen (secondary N) is 1. The smallest absolute Gasteiger partial charge is 0.0724 e. The standard InChI is InChI=1S/C16H17N3S/c1-2-11-5-6-12(20-11)10-19-15-8-7-14-13(16(15)17)4-3-9-18-14/h3-9,19H,2,10,17H2,1H3. The minimum absolute atomic E-state index is 0.767. The molecule has 0 saturated carbocycles. The maximum absolute atomic E-state index is 6.22. The van der Waals surface area contributed by atoms with E-state index < -0.39 is 0 Å². The van der Waals surface area contributed by atoms with Crippen molar-refractivity contribution < 1.29 is 0 Å². The van der Waals surface area contributed by atoms with Crippen molar-refractivity contribution in [2.75, 3.05) is 11.1 Å². The molecule has 3 rings (SSSR count). The number of aryl methyl sites for hydroxylation is 1. The number of nitrogens with zero attached hydrogens (tertiary/aromatic N) is 1. The van der Waals surface area contributed by atoms with Crippen molar-refractivity contribution in [1.82, 2.24) is 4.98 Å². The highest BCUT2D eigenvalue weighted by Crippen LogP contribution is 2.28. The fraction of sp³-hybridized carbons (Fsp3) is 0.188. The molecule has 3 nitrogen and oxygen atoms in total. The number of hydrogen-bond donors (Lipinski definition) is 2. The fourth-order valence-corrected chi connectivity index (χ4v) is 3.12. The van der Waals surface area contributed by atoms with Gasteiger partial charge in [0, 0.05) is 27.9 Å². The molecule has 0 amide bonds. The third kappa shape index (κ3) is 2.47. The Balaban J connectivity index is 1.82. The van der Waals surface area contributed by atoms with Gasteiger partial charge in [-0.25, -0.2) is 0 Å². The summed E-state index contributed by atoms with van der Waals surface area (Å²) in [6.45, 7) is 2.98. The lowest BCUT2D eigenvalue weighted by molar-refractivity contribution is 1.19. The van der Waals surface area contributed by atoms with Crippen LogP contribution in [0.4, 0.5) is 11.4 Å². The van der Waals surface area contributed by atoms with E-state index in [1.54, 1.807) is 6.20 Å². The van der Waals surface area contributed by atoms with Crippen molar-refractivity contribution in [3.8, 4) is 0 Å². The number of nitrogens with two attached hydrogens (primary N) is 1. The van der Waals surface area contributed by atoms with E-state index >= 15 is 0 Å². The Morgan fingerprint density at radius 2 is 2.00 bits per heavy atom. The van der Waals surface area contributed by atoms with E-state index in [4.69, 9.17) is 5.73 Å². The molecule has 0 aliphatic rings. The number of pyridine rings is 1. The number of anilines is 2. The van der Waals surface area contributed by atoms with Gasteiger partial charge in [-0.2, -0.15) is 0 Å². The average molecular weight is 283 g/mol. The predicted octanol–water partition coefficient (Wildman–Crippen LogP) is 4.05. The molecule has 2 aromatic heterocycles. The SMILES string of the molecule is CCc1ccc(CNc2ccc3ncccc3c2N)s1. The van der Waals surface area contributed by atoms with Crippen LogP contribution in [0.1, 0.15) is 16.7 Å². The molecule has 0 bridgehead atoms. The van der Waals surface area contributed by atoms with Gasteiger partial charge in [0.1, 0.15) is 0 Å². The Labute approximate surface area is 122 Å². The summed E-state index contributed by atoms with van der Waals surface area (Å²) >= 11 is 1.85. The minimum Gasteiger partial charge on any atom is -0.397 e. The molecule has 0 aliphatic carbocycles.